The molecule has 0 saturated carbocycles. The first-order valence-corrected chi connectivity index (χ1v) is 16.4. The molecule has 6 rings (SSSR count). The quantitative estimate of drug-likeness (QED) is 0.222. The van der Waals surface area contributed by atoms with Gasteiger partial charge in [0.05, 0.1) is 33.8 Å². The molecule has 0 radical (unpaired) electrons. The Morgan fingerprint density at radius 1 is 1.07 bits per heavy atom. The number of ketones is 1. The lowest BCUT2D eigenvalue weighted by Gasteiger charge is -2.30. The van der Waals surface area contributed by atoms with Crippen molar-refractivity contribution >= 4 is 37.4 Å². The van der Waals surface area contributed by atoms with Gasteiger partial charge in [-0.25, -0.2) is 8.42 Å². The Hall–Kier alpha value is -4.34. The van der Waals surface area contributed by atoms with Crippen molar-refractivity contribution in [1.29, 1.82) is 0 Å². The molecule has 0 N–H and O–H groups in total. The summed E-state index contributed by atoms with van der Waals surface area (Å²) >= 11 is 0. The Labute approximate surface area is 256 Å². The van der Waals surface area contributed by atoms with Gasteiger partial charge in [0.25, 0.3) is 5.56 Å². The van der Waals surface area contributed by atoms with E-state index >= 15 is 0 Å². The van der Waals surface area contributed by atoms with E-state index in [9.17, 15) is 18.0 Å². The highest BCUT2D eigenvalue weighted by atomic mass is 32.2. The number of rotatable bonds is 6. The Morgan fingerprint density at radius 2 is 1.84 bits per heavy atom. The number of aromatic nitrogens is 2. The van der Waals surface area contributed by atoms with Crippen LogP contribution in [-0.4, -0.2) is 42.2 Å². The minimum atomic E-state index is -3.52. The molecule has 1 aliphatic heterocycles. The summed E-state index contributed by atoms with van der Waals surface area (Å²) in [6, 6.07) is 17.3. The van der Waals surface area contributed by atoms with Crippen molar-refractivity contribution in [2.75, 3.05) is 12.9 Å². The van der Waals surface area contributed by atoms with Crippen LogP contribution in [0, 0.1) is 6.92 Å². The summed E-state index contributed by atoms with van der Waals surface area (Å²) in [6.45, 7) is 9.73. The fourth-order valence-corrected chi connectivity index (χ4v) is 6.74. The molecule has 3 heterocycles. The predicted molar refractivity (Wildman–Crippen MR) is 172 cm³/mol. The smallest absolute Gasteiger partial charge is 0.255 e. The first kappa shape index (κ1) is 29.7. The van der Waals surface area contributed by atoms with Gasteiger partial charge in [0.2, 0.25) is 0 Å². The Morgan fingerprint density at radius 3 is 2.55 bits per heavy atom. The Bertz CT molecular complexity index is 2150. The van der Waals surface area contributed by atoms with E-state index < -0.39 is 21.5 Å². The third-order valence-corrected chi connectivity index (χ3v) is 9.00. The van der Waals surface area contributed by atoms with Crippen LogP contribution >= 0.6 is 0 Å². The van der Waals surface area contributed by atoms with Gasteiger partial charge in [0.1, 0.15) is 11.9 Å². The van der Waals surface area contributed by atoms with Gasteiger partial charge in [-0.3, -0.25) is 19.1 Å². The highest BCUT2D eigenvalue weighted by molar-refractivity contribution is 7.90. The Balaban J connectivity index is 1.78. The maximum Gasteiger partial charge on any atom is 0.255 e. The van der Waals surface area contributed by atoms with E-state index in [1.54, 1.807) is 24.4 Å². The van der Waals surface area contributed by atoms with Crippen LogP contribution in [0.2, 0.25) is 0 Å². The highest BCUT2D eigenvalue weighted by Crippen LogP contribution is 2.45. The zero-order chi connectivity index (χ0) is 31.6. The van der Waals surface area contributed by atoms with E-state index in [2.05, 4.69) is 0 Å². The van der Waals surface area contributed by atoms with Gasteiger partial charge in [-0.05, 0) is 105 Å². The molecule has 1 atom stereocenters. The molecule has 0 amide bonds. The number of aryl methyl sites for hydroxylation is 1. The third kappa shape index (κ3) is 5.20. The van der Waals surface area contributed by atoms with Crippen LogP contribution in [0.1, 0.15) is 50.5 Å². The van der Waals surface area contributed by atoms with Crippen LogP contribution in [0.15, 0.2) is 76.6 Å². The fraction of sp³-hybridized carbons (Fsp3) is 0.286. The molecular formula is C35H34N2O6S. The van der Waals surface area contributed by atoms with Crippen molar-refractivity contribution in [2.24, 2.45) is 0 Å². The Kier molecular flexibility index (Phi) is 7.21. The first-order valence-electron chi connectivity index (χ1n) is 14.5. The average molecular weight is 611 g/mol. The number of Topliss-reactive ketones (excluding diaryl/α,β-unsaturated/α-hetero) is 1. The first-order chi connectivity index (χ1) is 20.7. The summed E-state index contributed by atoms with van der Waals surface area (Å²) in [4.78, 5) is 31.8. The molecular weight excluding hydrogens is 576 g/mol. The number of sulfone groups is 1. The maximum atomic E-state index is 13.5. The van der Waals surface area contributed by atoms with E-state index in [4.69, 9.17) is 14.5 Å². The molecule has 1 aliphatic rings. The topological polar surface area (TPSA) is 105 Å². The van der Waals surface area contributed by atoms with Crippen molar-refractivity contribution in [3.63, 3.8) is 0 Å². The van der Waals surface area contributed by atoms with E-state index in [0.29, 0.717) is 28.8 Å². The molecule has 0 fully saturated rings. The van der Waals surface area contributed by atoms with E-state index in [-0.39, 0.29) is 16.2 Å². The second-order valence-electron chi connectivity index (χ2n) is 12.3. The van der Waals surface area contributed by atoms with Gasteiger partial charge in [-0.15, -0.1) is 0 Å². The van der Waals surface area contributed by atoms with Crippen molar-refractivity contribution in [1.82, 2.24) is 9.55 Å². The van der Waals surface area contributed by atoms with Crippen molar-refractivity contribution in [3.8, 4) is 22.6 Å². The SMILES string of the molecule is CC(=O)[C@@H](OC(C)(C)C)c1c(C)cc2c(ccc(=O)n2-c2cccc(S(C)(=O)=O)c2)c1-c1ccc2c3c(ccnc13)CCO2. The average Bonchev–Trinajstić information content (AvgIpc) is 2.95. The van der Waals surface area contributed by atoms with Gasteiger partial charge in [-0.2, -0.15) is 0 Å². The second kappa shape index (κ2) is 10.7. The highest BCUT2D eigenvalue weighted by Gasteiger charge is 2.31. The predicted octanol–water partition coefficient (Wildman–Crippen LogP) is 6.30. The monoisotopic (exact) mass is 610 g/mol. The van der Waals surface area contributed by atoms with Gasteiger partial charge < -0.3 is 9.47 Å². The number of carbonyl (C=O) groups excluding carboxylic acids is 1. The fourth-order valence-electron chi connectivity index (χ4n) is 6.08. The van der Waals surface area contributed by atoms with Gasteiger partial charge in [-0.1, -0.05) is 6.07 Å². The summed E-state index contributed by atoms with van der Waals surface area (Å²) in [5.74, 6) is 0.594. The van der Waals surface area contributed by atoms with Gasteiger partial charge in [0, 0.05) is 41.3 Å². The van der Waals surface area contributed by atoms with Crippen molar-refractivity contribution in [2.45, 2.75) is 57.6 Å². The molecule has 226 valence electrons. The zero-order valence-corrected chi connectivity index (χ0v) is 26.4. The molecule has 0 spiro atoms. The van der Waals surface area contributed by atoms with Gasteiger partial charge in [0.15, 0.2) is 15.6 Å². The number of benzene rings is 3. The molecule has 0 saturated heterocycles. The standard InChI is InChI=1S/C35H34N2O6S/c1-20-18-27-25(11-13-29(39)37(27)23-8-7-9-24(19-23)44(6,40)41)32(30(20)34(21(2)38)43-35(3,4)5)26-10-12-28-31-22(15-17-42-28)14-16-36-33(26)31/h7-14,16,18-19,34H,15,17H2,1-6H3/t34-/m1/s1. The summed E-state index contributed by atoms with van der Waals surface area (Å²) in [5, 5.41) is 1.61. The number of hydrogen-bond acceptors (Lipinski definition) is 7. The third-order valence-electron chi connectivity index (χ3n) is 7.89. The minimum absolute atomic E-state index is 0.107. The number of pyridine rings is 2. The van der Waals surface area contributed by atoms with Crippen molar-refractivity contribution in [3.05, 3.63) is 93.9 Å². The largest absolute Gasteiger partial charge is 0.493 e. The summed E-state index contributed by atoms with van der Waals surface area (Å²) in [6.07, 6.45) is 2.77. The maximum absolute atomic E-state index is 13.5. The number of carbonyl (C=O) groups is 1. The molecule has 5 aromatic rings. The van der Waals surface area contributed by atoms with Crippen LogP contribution in [-0.2, 0) is 25.8 Å². The molecule has 3 aromatic carbocycles. The van der Waals surface area contributed by atoms with Crippen molar-refractivity contribution < 1.29 is 22.7 Å². The van der Waals surface area contributed by atoms with Crippen LogP contribution in [0.25, 0.3) is 38.6 Å². The summed E-state index contributed by atoms with van der Waals surface area (Å²) < 4.78 is 38.8. The molecule has 44 heavy (non-hydrogen) atoms. The van der Waals surface area contributed by atoms with Crippen LogP contribution < -0.4 is 10.3 Å². The lowest BCUT2D eigenvalue weighted by molar-refractivity contribution is -0.138. The lowest BCUT2D eigenvalue weighted by atomic mass is 9.85. The molecule has 2 aromatic heterocycles. The summed E-state index contributed by atoms with van der Waals surface area (Å²) in [7, 11) is -3.52. The van der Waals surface area contributed by atoms with Gasteiger partial charge >= 0.3 is 0 Å². The van der Waals surface area contributed by atoms with Crippen LogP contribution in [0.3, 0.4) is 0 Å². The molecule has 0 bridgehead atoms. The zero-order valence-electron chi connectivity index (χ0n) is 25.6. The molecule has 0 aliphatic carbocycles. The summed E-state index contributed by atoms with van der Waals surface area (Å²) in [5.41, 5.74) is 4.81. The molecule has 9 heteroatoms. The van der Waals surface area contributed by atoms with E-state index in [1.807, 2.05) is 52.0 Å². The lowest BCUT2D eigenvalue weighted by Crippen LogP contribution is -2.27. The van der Waals surface area contributed by atoms with E-state index in [0.717, 1.165) is 51.6 Å². The van der Waals surface area contributed by atoms with Crippen LogP contribution in [0.5, 0.6) is 5.75 Å². The normalized spacial score (nSPS) is 14.0. The minimum Gasteiger partial charge on any atom is -0.493 e. The number of ether oxygens (including phenoxy) is 2. The molecule has 0 unspecified atom stereocenters. The van der Waals surface area contributed by atoms with Crippen LogP contribution in [0.4, 0.5) is 0 Å². The number of fused-ring (bicyclic) bond motifs is 1. The molecule has 8 nitrogen and oxygen atoms in total. The number of nitrogens with zero attached hydrogens (tertiary/aromatic N) is 2. The van der Waals surface area contributed by atoms with E-state index in [1.165, 1.54) is 29.7 Å². The second-order valence-corrected chi connectivity index (χ2v) is 14.3. The number of hydrogen-bond donors (Lipinski definition) is 0.